The molecule has 5 N–H and O–H groups in total. The maximum absolute atomic E-state index is 12.5. The second-order valence-electron chi connectivity index (χ2n) is 13.0. The van der Waals surface area contributed by atoms with E-state index in [9.17, 15) is 30.1 Å². The zero-order valence-electron chi connectivity index (χ0n) is 24.2. The molecule has 228 valence electrons. The Hall–Kier alpha value is -3.25. The summed E-state index contributed by atoms with van der Waals surface area (Å²) >= 11 is 0. The average molecular weight is 583 g/mol. The van der Waals surface area contributed by atoms with E-state index in [1.807, 2.05) is 19.1 Å². The van der Waals surface area contributed by atoms with Gasteiger partial charge in [-0.15, -0.1) is 0 Å². The molecule has 1 amide bonds. The van der Waals surface area contributed by atoms with Gasteiger partial charge in [-0.2, -0.15) is 0 Å². The SMILES string of the molecule is C[C@]12C=CC(=NOCC(=O)N[C@H](C(=O)O)[C@H](O)c3cccc(N([O-])O)c3)C=C1CC[C@@H]1[C@H]2CC[C@@]2(C)[C@H]1CC[C@]2(C)O. The lowest BCUT2D eigenvalue weighted by atomic mass is 9.47. The van der Waals surface area contributed by atoms with Crippen molar-refractivity contribution in [3.8, 4) is 0 Å². The molecule has 0 aromatic heterocycles. The van der Waals surface area contributed by atoms with Crippen LogP contribution in [0.25, 0.3) is 0 Å². The van der Waals surface area contributed by atoms with E-state index in [-0.39, 0.29) is 22.1 Å². The fourth-order valence-corrected chi connectivity index (χ4v) is 8.18. The summed E-state index contributed by atoms with van der Waals surface area (Å²) in [5.74, 6) is -0.725. The Bertz CT molecular complexity index is 1320. The van der Waals surface area contributed by atoms with E-state index in [4.69, 9.17) is 10.0 Å². The van der Waals surface area contributed by atoms with E-state index < -0.39 is 41.5 Å². The molecule has 11 heteroatoms. The van der Waals surface area contributed by atoms with E-state index in [1.165, 1.54) is 23.8 Å². The van der Waals surface area contributed by atoms with Gasteiger partial charge in [-0.3, -0.25) is 10.0 Å². The quantitative estimate of drug-likeness (QED) is 0.285. The first-order chi connectivity index (χ1) is 19.8. The molecule has 0 bridgehead atoms. The first-order valence-electron chi connectivity index (χ1n) is 14.6. The summed E-state index contributed by atoms with van der Waals surface area (Å²) in [6.07, 6.45) is 10.4. The van der Waals surface area contributed by atoms with Crippen molar-refractivity contribution in [2.45, 2.75) is 77.0 Å². The summed E-state index contributed by atoms with van der Waals surface area (Å²) in [6.45, 7) is 6.01. The van der Waals surface area contributed by atoms with Crippen LogP contribution in [-0.4, -0.2) is 56.4 Å². The first kappa shape index (κ1) is 30.2. The van der Waals surface area contributed by atoms with Gasteiger partial charge in [0.05, 0.1) is 11.3 Å². The molecule has 0 aliphatic heterocycles. The third-order valence-electron chi connectivity index (χ3n) is 10.8. The fraction of sp³-hybridized carbons (Fsp3) is 0.581. The minimum Gasteiger partial charge on any atom is -0.733 e. The number of anilines is 1. The largest absolute Gasteiger partial charge is 0.733 e. The van der Waals surface area contributed by atoms with Crippen LogP contribution in [0.15, 0.2) is 53.2 Å². The Morgan fingerprint density at radius 2 is 1.93 bits per heavy atom. The highest BCUT2D eigenvalue weighted by molar-refractivity contribution is 6.05. The number of aliphatic hydroxyl groups excluding tert-OH is 1. The molecule has 0 heterocycles. The van der Waals surface area contributed by atoms with E-state index in [2.05, 4.69) is 30.4 Å². The van der Waals surface area contributed by atoms with Crippen molar-refractivity contribution < 1.29 is 35.0 Å². The van der Waals surface area contributed by atoms with Crippen molar-refractivity contribution in [3.63, 3.8) is 0 Å². The minimum absolute atomic E-state index is 0.0221. The number of oxime groups is 1. The van der Waals surface area contributed by atoms with Crippen molar-refractivity contribution in [3.05, 3.63) is 58.8 Å². The molecule has 5 rings (SSSR count). The number of nitrogens with one attached hydrogen (secondary N) is 1. The predicted molar refractivity (Wildman–Crippen MR) is 154 cm³/mol. The third-order valence-corrected chi connectivity index (χ3v) is 10.8. The summed E-state index contributed by atoms with van der Waals surface area (Å²) < 4.78 is 0. The number of aliphatic carboxylic acids is 1. The van der Waals surface area contributed by atoms with Crippen LogP contribution in [0.4, 0.5) is 5.69 Å². The van der Waals surface area contributed by atoms with Gasteiger partial charge in [-0.05, 0) is 98.5 Å². The van der Waals surface area contributed by atoms with Gasteiger partial charge in [-0.25, -0.2) is 4.79 Å². The minimum atomic E-state index is -1.73. The number of carbonyl (C=O) groups is 2. The number of hydrogen-bond acceptors (Lipinski definition) is 9. The molecule has 0 radical (unpaired) electrons. The lowest BCUT2D eigenvalue weighted by Crippen LogP contribution is -2.53. The molecular weight excluding hydrogens is 542 g/mol. The van der Waals surface area contributed by atoms with Crippen LogP contribution in [-0.2, 0) is 14.4 Å². The monoisotopic (exact) mass is 582 g/mol. The second kappa shape index (κ2) is 11.1. The average Bonchev–Trinajstić information content (AvgIpc) is 3.19. The Labute approximate surface area is 245 Å². The van der Waals surface area contributed by atoms with Crippen LogP contribution in [0.1, 0.15) is 71.0 Å². The zero-order valence-corrected chi connectivity index (χ0v) is 24.2. The van der Waals surface area contributed by atoms with Crippen molar-refractivity contribution in [2.24, 2.45) is 33.7 Å². The number of rotatable bonds is 8. The Kier molecular flexibility index (Phi) is 7.99. The number of fused-ring (bicyclic) bond motifs is 5. The van der Waals surface area contributed by atoms with Gasteiger partial charge in [0.25, 0.3) is 5.91 Å². The number of aliphatic hydroxyl groups is 2. The van der Waals surface area contributed by atoms with E-state index >= 15 is 0 Å². The van der Waals surface area contributed by atoms with Gasteiger partial charge in [0.2, 0.25) is 0 Å². The summed E-state index contributed by atoms with van der Waals surface area (Å²) in [5, 5.41) is 57.4. The number of amides is 1. The number of allylic oxidation sites excluding steroid dienone is 4. The van der Waals surface area contributed by atoms with Gasteiger partial charge >= 0.3 is 5.97 Å². The van der Waals surface area contributed by atoms with Gasteiger partial charge in [0.15, 0.2) is 12.6 Å². The summed E-state index contributed by atoms with van der Waals surface area (Å²) in [5.41, 5.74) is 0.915. The Morgan fingerprint density at radius 3 is 2.64 bits per heavy atom. The number of carboxylic acid groups (broad SMARTS) is 1. The highest BCUT2D eigenvalue weighted by Crippen LogP contribution is 2.66. The van der Waals surface area contributed by atoms with Crippen LogP contribution in [0.2, 0.25) is 0 Å². The molecule has 3 fully saturated rings. The first-order valence-corrected chi connectivity index (χ1v) is 14.6. The van der Waals surface area contributed by atoms with Crippen LogP contribution in [0, 0.1) is 33.8 Å². The molecule has 1 aromatic rings. The second-order valence-corrected chi connectivity index (χ2v) is 13.0. The number of benzene rings is 1. The van der Waals surface area contributed by atoms with Gasteiger partial charge in [0, 0.05) is 5.41 Å². The zero-order chi connectivity index (χ0) is 30.4. The van der Waals surface area contributed by atoms with Gasteiger partial charge in [-0.1, -0.05) is 42.8 Å². The molecule has 8 atom stereocenters. The Balaban J connectivity index is 1.20. The number of carbonyl (C=O) groups excluding carboxylic acids is 1. The number of carboxylic acids is 1. The lowest BCUT2D eigenvalue weighted by molar-refractivity contribution is -0.146. The van der Waals surface area contributed by atoms with E-state index in [0.717, 1.165) is 44.6 Å². The van der Waals surface area contributed by atoms with Crippen LogP contribution in [0.3, 0.4) is 0 Å². The summed E-state index contributed by atoms with van der Waals surface area (Å²) in [6, 6.07) is 3.41. The van der Waals surface area contributed by atoms with Crippen molar-refractivity contribution in [1.82, 2.24) is 5.32 Å². The van der Waals surface area contributed by atoms with Crippen molar-refractivity contribution in [1.29, 1.82) is 0 Å². The molecule has 42 heavy (non-hydrogen) atoms. The van der Waals surface area contributed by atoms with Crippen molar-refractivity contribution >= 4 is 23.3 Å². The van der Waals surface area contributed by atoms with Crippen LogP contribution >= 0.6 is 0 Å². The van der Waals surface area contributed by atoms with E-state index in [1.54, 1.807) is 0 Å². The third kappa shape index (κ3) is 5.23. The molecule has 3 saturated carbocycles. The molecule has 1 aromatic carbocycles. The highest BCUT2D eigenvalue weighted by Gasteiger charge is 2.62. The van der Waals surface area contributed by atoms with Gasteiger partial charge in [0.1, 0.15) is 11.8 Å². The summed E-state index contributed by atoms with van der Waals surface area (Å²) in [7, 11) is 0. The number of hydrogen-bond donors (Lipinski definition) is 5. The lowest BCUT2D eigenvalue weighted by Gasteiger charge is -2.58. The molecule has 0 unspecified atom stereocenters. The fourth-order valence-electron chi connectivity index (χ4n) is 8.18. The van der Waals surface area contributed by atoms with Crippen molar-refractivity contribution in [2.75, 3.05) is 11.8 Å². The predicted octanol–water partition coefficient (Wildman–Crippen LogP) is 3.85. The molecule has 4 aliphatic carbocycles. The topological polar surface area (TPSA) is 175 Å². The summed E-state index contributed by atoms with van der Waals surface area (Å²) in [4.78, 5) is 29.5. The van der Waals surface area contributed by atoms with Crippen LogP contribution in [0.5, 0.6) is 0 Å². The van der Waals surface area contributed by atoms with E-state index in [0.29, 0.717) is 23.5 Å². The maximum atomic E-state index is 12.5. The molecule has 4 aliphatic rings. The molecule has 0 saturated heterocycles. The Morgan fingerprint density at radius 1 is 1.19 bits per heavy atom. The molecule has 0 spiro atoms. The maximum Gasteiger partial charge on any atom is 0.329 e. The number of nitrogens with zero attached hydrogens (tertiary/aromatic N) is 2. The molecular formula is C31H40N3O8-. The standard InChI is InChI=1S/C31H40N3O8/c1-29-12-9-20(16-19(29)7-8-22-23(29)10-13-30(2)24(22)11-14-31(30,3)39)33-42-17-25(35)32-26(28(37)38)27(36)18-5-4-6-21(15-18)34(40)41/h4-6,9,12,15-16,22-24,26-27,36,39-40H,7-8,10-11,13-14,17H2,1-3H3,(H,32,35)(H,37,38)/q-1/t22-,23-,24+,26+,27-,29+,30+,31+/m1/s1. The smallest absolute Gasteiger partial charge is 0.329 e. The molecule has 11 nitrogen and oxygen atoms in total. The highest BCUT2D eigenvalue weighted by atomic mass is 16.8. The normalized spacial score (nSPS) is 35.7. The van der Waals surface area contributed by atoms with Gasteiger partial charge < -0.3 is 35.9 Å². The van der Waals surface area contributed by atoms with Crippen LogP contribution < -0.4 is 10.5 Å².